The van der Waals surface area contributed by atoms with E-state index in [0.717, 1.165) is 23.5 Å². The van der Waals surface area contributed by atoms with E-state index in [1.54, 1.807) is 0 Å². The quantitative estimate of drug-likeness (QED) is 0.152. The Morgan fingerprint density at radius 2 is 0.804 bits per heavy atom. The minimum Gasteiger partial charge on any atom is -0.311 e. The standard InChI is InChI=1S/C54H40N2/c1-4-12-39(13-5-1)42-24-31-48(32-25-42)55(49-33-26-43(27-34-49)40-14-6-2-7-15-40)50-35-28-44(29-36-50)41-20-22-45(23-21-41)46-30-37-54-52(38-46)51-18-10-11-19-53(51)56(54)47-16-8-3-9-17-47/h1-37,46H,38H2. The normalized spacial score (nSPS) is 13.4. The van der Waals surface area contributed by atoms with Crippen molar-refractivity contribution in [1.82, 2.24) is 4.57 Å². The lowest BCUT2D eigenvalue weighted by Crippen LogP contribution is -2.09. The molecule has 1 atom stereocenters. The van der Waals surface area contributed by atoms with E-state index in [0.29, 0.717) is 5.92 Å². The average molecular weight is 717 g/mol. The van der Waals surface area contributed by atoms with E-state index in [2.05, 4.69) is 234 Å². The number of hydrogen-bond donors (Lipinski definition) is 0. The third-order valence-electron chi connectivity index (χ3n) is 11.2. The van der Waals surface area contributed by atoms with Crippen LogP contribution in [0.4, 0.5) is 17.1 Å². The fourth-order valence-corrected chi connectivity index (χ4v) is 8.34. The minimum atomic E-state index is 0.323. The lowest BCUT2D eigenvalue weighted by molar-refractivity contribution is 0.825. The smallest absolute Gasteiger partial charge is 0.0537 e. The molecule has 0 fully saturated rings. The Morgan fingerprint density at radius 1 is 0.393 bits per heavy atom. The highest BCUT2D eigenvalue weighted by Gasteiger charge is 2.23. The molecule has 1 aliphatic rings. The zero-order chi connectivity index (χ0) is 37.3. The van der Waals surface area contributed by atoms with Crippen molar-refractivity contribution in [1.29, 1.82) is 0 Å². The van der Waals surface area contributed by atoms with Crippen molar-refractivity contribution < 1.29 is 0 Å². The molecule has 1 heterocycles. The Bertz CT molecular complexity index is 2680. The molecule has 0 aliphatic heterocycles. The minimum absolute atomic E-state index is 0.323. The summed E-state index contributed by atoms with van der Waals surface area (Å²) < 4.78 is 2.41. The van der Waals surface area contributed by atoms with Crippen LogP contribution in [-0.4, -0.2) is 4.57 Å². The Balaban J connectivity index is 0.929. The highest BCUT2D eigenvalue weighted by atomic mass is 15.1. The highest BCUT2D eigenvalue weighted by molar-refractivity contribution is 5.91. The summed E-state index contributed by atoms with van der Waals surface area (Å²) in [4.78, 5) is 2.34. The van der Waals surface area contributed by atoms with Gasteiger partial charge in [0.2, 0.25) is 0 Å². The van der Waals surface area contributed by atoms with Crippen LogP contribution in [0, 0.1) is 0 Å². The molecule has 266 valence electrons. The molecule has 1 unspecified atom stereocenters. The predicted molar refractivity (Wildman–Crippen MR) is 236 cm³/mol. The number of nitrogens with zero attached hydrogens (tertiary/aromatic N) is 2. The maximum Gasteiger partial charge on any atom is 0.0537 e. The van der Waals surface area contributed by atoms with Gasteiger partial charge in [-0.15, -0.1) is 0 Å². The molecule has 1 aliphatic carbocycles. The topological polar surface area (TPSA) is 8.17 Å². The number of benzene rings is 8. The van der Waals surface area contributed by atoms with E-state index in [9.17, 15) is 0 Å². The van der Waals surface area contributed by atoms with Gasteiger partial charge in [0, 0.05) is 39.7 Å². The number of aromatic nitrogens is 1. The van der Waals surface area contributed by atoms with Crippen molar-refractivity contribution in [3.63, 3.8) is 0 Å². The first-order chi connectivity index (χ1) is 27.8. The van der Waals surface area contributed by atoms with Crippen molar-refractivity contribution in [2.75, 3.05) is 4.90 Å². The third kappa shape index (κ3) is 6.32. The zero-order valence-corrected chi connectivity index (χ0v) is 31.0. The van der Waals surface area contributed by atoms with Crippen molar-refractivity contribution in [2.45, 2.75) is 12.3 Å². The van der Waals surface area contributed by atoms with E-state index < -0.39 is 0 Å². The molecule has 0 radical (unpaired) electrons. The number of fused-ring (bicyclic) bond motifs is 3. The van der Waals surface area contributed by atoms with Crippen LogP contribution in [0.5, 0.6) is 0 Å². The SMILES string of the molecule is C1=CC(c2ccc(-c3ccc(N(c4ccc(-c5ccccc5)cc4)c4ccc(-c5ccccc5)cc4)cc3)cc2)Cc2c1n(-c1ccccc1)c1ccccc21. The number of hydrogen-bond acceptors (Lipinski definition) is 1. The van der Waals surface area contributed by atoms with E-state index in [1.807, 2.05) is 0 Å². The Kier molecular flexibility index (Phi) is 8.70. The summed E-state index contributed by atoms with van der Waals surface area (Å²) in [6, 6.07) is 76.6. The van der Waals surface area contributed by atoms with Crippen LogP contribution in [-0.2, 0) is 6.42 Å². The number of anilines is 3. The summed E-state index contributed by atoms with van der Waals surface area (Å²) in [5, 5.41) is 1.34. The van der Waals surface area contributed by atoms with E-state index >= 15 is 0 Å². The molecule has 0 N–H and O–H groups in total. The van der Waals surface area contributed by atoms with Gasteiger partial charge in [-0.05, 0) is 112 Å². The number of allylic oxidation sites excluding steroid dienone is 1. The average Bonchev–Trinajstić information content (AvgIpc) is 3.62. The van der Waals surface area contributed by atoms with Crippen molar-refractivity contribution in [2.24, 2.45) is 0 Å². The lowest BCUT2D eigenvalue weighted by atomic mass is 9.86. The lowest BCUT2D eigenvalue weighted by Gasteiger charge is -2.26. The van der Waals surface area contributed by atoms with Crippen LogP contribution in [0.2, 0.25) is 0 Å². The second-order valence-electron chi connectivity index (χ2n) is 14.6. The van der Waals surface area contributed by atoms with Crippen molar-refractivity contribution in [3.05, 3.63) is 235 Å². The zero-order valence-electron chi connectivity index (χ0n) is 31.0. The summed E-state index contributed by atoms with van der Waals surface area (Å²) in [6.45, 7) is 0. The molecule has 1 aromatic heterocycles. The van der Waals surface area contributed by atoms with Gasteiger partial charge in [-0.2, -0.15) is 0 Å². The van der Waals surface area contributed by atoms with Gasteiger partial charge < -0.3 is 9.47 Å². The van der Waals surface area contributed by atoms with E-state index in [1.165, 1.54) is 66.8 Å². The van der Waals surface area contributed by atoms with Gasteiger partial charge in [0.25, 0.3) is 0 Å². The van der Waals surface area contributed by atoms with Crippen LogP contribution in [0.15, 0.2) is 218 Å². The second kappa shape index (κ2) is 14.6. The van der Waals surface area contributed by atoms with Crippen LogP contribution in [0.1, 0.15) is 22.7 Å². The monoisotopic (exact) mass is 716 g/mol. The Labute approximate surface area is 328 Å². The van der Waals surface area contributed by atoms with Gasteiger partial charge in [-0.1, -0.05) is 164 Å². The first kappa shape index (κ1) is 33.4. The van der Waals surface area contributed by atoms with Crippen molar-refractivity contribution in [3.8, 4) is 39.1 Å². The van der Waals surface area contributed by atoms with E-state index in [-0.39, 0.29) is 0 Å². The summed E-state index contributed by atoms with van der Waals surface area (Å²) >= 11 is 0. The first-order valence-corrected chi connectivity index (χ1v) is 19.4. The van der Waals surface area contributed by atoms with Crippen molar-refractivity contribution >= 4 is 34.0 Å². The van der Waals surface area contributed by atoms with Crippen LogP contribution >= 0.6 is 0 Å². The largest absolute Gasteiger partial charge is 0.311 e. The molecule has 0 bridgehead atoms. The molecule has 0 amide bonds. The summed E-state index contributed by atoms with van der Waals surface area (Å²) in [7, 11) is 0. The third-order valence-corrected chi connectivity index (χ3v) is 11.2. The number of rotatable bonds is 8. The fraction of sp³-hybridized carbons (Fsp3) is 0.0370. The molecule has 56 heavy (non-hydrogen) atoms. The summed E-state index contributed by atoms with van der Waals surface area (Å²) in [5.41, 5.74) is 17.1. The van der Waals surface area contributed by atoms with Crippen LogP contribution in [0.25, 0.3) is 56.0 Å². The Morgan fingerprint density at radius 3 is 1.30 bits per heavy atom. The van der Waals surface area contributed by atoms with Gasteiger partial charge in [0.1, 0.15) is 0 Å². The molecule has 2 heteroatoms. The molecular formula is C54H40N2. The summed E-state index contributed by atoms with van der Waals surface area (Å²) in [6.07, 6.45) is 5.70. The molecule has 2 nitrogen and oxygen atoms in total. The van der Waals surface area contributed by atoms with E-state index in [4.69, 9.17) is 0 Å². The fourth-order valence-electron chi connectivity index (χ4n) is 8.34. The van der Waals surface area contributed by atoms with Gasteiger partial charge >= 0.3 is 0 Å². The van der Waals surface area contributed by atoms with Gasteiger partial charge in [-0.3, -0.25) is 0 Å². The molecule has 9 aromatic rings. The van der Waals surface area contributed by atoms with Crippen LogP contribution < -0.4 is 4.90 Å². The maximum absolute atomic E-state index is 2.41. The Hall–Kier alpha value is -7.16. The first-order valence-electron chi connectivity index (χ1n) is 19.4. The molecule has 10 rings (SSSR count). The maximum atomic E-state index is 2.41. The van der Waals surface area contributed by atoms with Gasteiger partial charge in [0.05, 0.1) is 5.52 Å². The van der Waals surface area contributed by atoms with Crippen LogP contribution in [0.3, 0.4) is 0 Å². The molecule has 0 saturated carbocycles. The molecule has 0 saturated heterocycles. The summed E-state index contributed by atoms with van der Waals surface area (Å²) in [5.74, 6) is 0.323. The van der Waals surface area contributed by atoms with Gasteiger partial charge in [-0.25, -0.2) is 0 Å². The number of para-hydroxylation sites is 2. The molecule has 8 aromatic carbocycles. The molecule has 0 spiro atoms. The second-order valence-corrected chi connectivity index (χ2v) is 14.6. The highest BCUT2D eigenvalue weighted by Crippen LogP contribution is 2.40. The predicted octanol–water partition coefficient (Wildman–Crippen LogP) is 14.5. The van der Waals surface area contributed by atoms with Gasteiger partial charge in [0.15, 0.2) is 0 Å². The molecular weight excluding hydrogens is 677 g/mol.